The van der Waals surface area contributed by atoms with Crippen LogP contribution in [-0.4, -0.2) is 6.54 Å². The molecule has 0 heterocycles. The van der Waals surface area contributed by atoms with E-state index in [9.17, 15) is 4.39 Å². The minimum Gasteiger partial charge on any atom is -0.310 e. The number of hydrogen-bond acceptors (Lipinski definition) is 1. The quantitative estimate of drug-likeness (QED) is 0.554. The first-order valence-electron chi connectivity index (χ1n) is 6.63. The number of rotatable bonds is 5. The fraction of sp³-hybridized carbons (Fsp3) is 0.250. The van der Waals surface area contributed by atoms with Crippen LogP contribution in [0.1, 0.15) is 24.1 Å². The SMILES string of the molecule is CCNC(Cc1cc(F)cc(Br)c1)c1ccc(Br)cc1Br. The van der Waals surface area contributed by atoms with Crippen molar-refractivity contribution >= 4 is 47.8 Å². The molecule has 0 aliphatic heterocycles. The van der Waals surface area contributed by atoms with Gasteiger partial charge in [-0.15, -0.1) is 0 Å². The van der Waals surface area contributed by atoms with E-state index in [0.717, 1.165) is 31.9 Å². The molecule has 1 atom stereocenters. The summed E-state index contributed by atoms with van der Waals surface area (Å²) in [6.45, 7) is 2.92. The van der Waals surface area contributed by atoms with Crippen molar-refractivity contribution in [1.29, 1.82) is 0 Å². The lowest BCUT2D eigenvalue weighted by molar-refractivity contribution is 0.544. The molecule has 0 bridgehead atoms. The molecule has 0 amide bonds. The highest BCUT2D eigenvalue weighted by atomic mass is 79.9. The van der Waals surface area contributed by atoms with E-state index in [-0.39, 0.29) is 11.9 Å². The molecule has 2 rings (SSSR count). The Morgan fingerprint density at radius 1 is 1.05 bits per heavy atom. The lowest BCUT2D eigenvalue weighted by Gasteiger charge is -2.20. The molecule has 0 aromatic heterocycles. The monoisotopic (exact) mass is 477 g/mol. The summed E-state index contributed by atoms with van der Waals surface area (Å²) < 4.78 is 16.4. The molecule has 2 aromatic rings. The van der Waals surface area contributed by atoms with Gasteiger partial charge in [0.15, 0.2) is 0 Å². The Labute approximate surface area is 149 Å². The van der Waals surface area contributed by atoms with Crippen molar-refractivity contribution in [2.45, 2.75) is 19.4 Å². The molecule has 1 nitrogen and oxygen atoms in total. The maximum Gasteiger partial charge on any atom is 0.124 e. The highest BCUT2D eigenvalue weighted by molar-refractivity contribution is 9.11. The average Bonchev–Trinajstić information content (AvgIpc) is 2.37. The van der Waals surface area contributed by atoms with Gasteiger partial charge in [-0.3, -0.25) is 0 Å². The van der Waals surface area contributed by atoms with Gasteiger partial charge < -0.3 is 5.32 Å². The maximum atomic E-state index is 13.5. The summed E-state index contributed by atoms with van der Waals surface area (Å²) in [4.78, 5) is 0. The van der Waals surface area contributed by atoms with Crippen molar-refractivity contribution in [3.63, 3.8) is 0 Å². The minimum atomic E-state index is -0.218. The molecule has 0 saturated heterocycles. The van der Waals surface area contributed by atoms with Gasteiger partial charge in [0.05, 0.1) is 0 Å². The summed E-state index contributed by atoms with van der Waals surface area (Å²) in [7, 11) is 0. The first-order valence-corrected chi connectivity index (χ1v) is 9.00. The second-order valence-corrected chi connectivity index (χ2v) is 7.44. The lowest BCUT2D eigenvalue weighted by Crippen LogP contribution is -2.23. The third kappa shape index (κ3) is 4.88. The molecule has 2 aromatic carbocycles. The zero-order valence-electron chi connectivity index (χ0n) is 11.5. The second-order valence-electron chi connectivity index (χ2n) is 4.76. The molecule has 0 fully saturated rings. The van der Waals surface area contributed by atoms with E-state index in [4.69, 9.17) is 0 Å². The Morgan fingerprint density at radius 3 is 2.43 bits per heavy atom. The van der Waals surface area contributed by atoms with E-state index < -0.39 is 0 Å². The summed E-state index contributed by atoms with van der Waals surface area (Å²) in [6.07, 6.45) is 0.727. The Hall–Kier alpha value is -0.230. The first kappa shape index (κ1) is 17.1. The van der Waals surface area contributed by atoms with Crippen molar-refractivity contribution in [1.82, 2.24) is 5.32 Å². The molecule has 1 unspecified atom stereocenters. The number of nitrogens with one attached hydrogen (secondary N) is 1. The number of hydrogen-bond donors (Lipinski definition) is 1. The summed E-state index contributed by atoms with van der Waals surface area (Å²) >= 11 is 10.4. The highest BCUT2D eigenvalue weighted by Gasteiger charge is 2.15. The lowest BCUT2D eigenvalue weighted by atomic mass is 9.99. The van der Waals surface area contributed by atoms with Crippen LogP contribution in [0, 0.1) is 5.82 Å². The zero-order chi connectivity index (χ0) is 15.4. The van der Waals surface area contributed by atoms with Gasteiger partial charge in [-0.25, -0.2) is 4.39 Å². The summed E-state index contributed by atoms with van der Waals surface area (Å²) in [5.41, 5.74) is 2.13. The van der Waals surface area contributed by atoms with Gasteiger partial charge in [0.25, 0.3) is 0 Å². The Balaban J connectivity index is 2.30. The van der Waals surface area contributed by atoms with Crippen LogP contribution in [0.15, 0.2) is 49.8 Å². The smallest absolute Gasteiger partial charge is 0.124 e. The summed E-state index contributed by atoms with van der Waals surface area (Å²) in [5, 5.41) is 3.46. The average molecular weight is 480 g/mol. The predicted octanol–water partition coefficient (Wildman–Crippen LogP) is 6.01. The number of likely N-dealkylation sites (N-methyl/N-ethyl adjacent to an activating group) is 1. The minimum absolute atomic E-state index is 0.131. The normalized spacial score (nSPS) is 12.4. The van der Waals surface area contributed by atoms with Gasteiger partial charge >= 0.3 is 0 Å². The first-order chi connectivity index (χ1) is 9.99. The highest BCUT2D eigenvalue weighted by Crippen LogP contribution is 2.29. The van der Waals surface area contributed by atoms with Gasteiger partial charge in [0, 0.05) is 19.5 Å². The van der Waals surface area contributed by atoms with E-state index in [2.05, 4.69) is 66.1 Å². The van der Waals surface area contributed by atoms with E-state index in [0.29, 0.717) is 0 Å². The van der Waals surface area contributed by atoms with Gasteiger partial charge in [0.2, 0.25) is 0 Å². The molecular weight excluding hydrogens is 465 g/mol. The van der Waals surface area contributed by atoms with Gasteiger partial charge in [-0.05, 0) is 54.4 Å². The molecule has 0 spiro atoms. The van der Waals surface area contributed by atoms with Crippen molar-refractivity contribution in [2.24, 2.45) is 0 Å². The molecule has 0 radical (unpaired) electrons. The molecule has 0 aliphatic rings. The van der Waals surface area contributed by atoms with Gasteiger partial charge in [-0.1, -0.05) is 60.8 Å². The fourth-order valence-corrected chi connectivity index (χ4v) is 4.12. The van der Waals surface area contributed by atoms with Crippen molar-refractivity contribution in [2.75, 3.05) is 6.54 Å². The predicted molar refractivity (Wildman–Crippen MR) is 96.1 cm³/mol. The Kier molecular flexibility index (Phi) is 6.41. The summed E-state index contributed by atoms with van der Waals surface area (Å²) in [6, 6.07) is 11.3. The molecule has 5 heteroatoms. The molecule has 1 N–H and O–H groups in total. The van der Waals surface area contributed by atoms with E-state index >= 15 is 0 Å². The fourth-order valence-electron chi connectivity index (χ4n) is 2.29. The number of benzene rings is 2. The van der Waals surface area contributed by atoms with Crippen molar-refractivity contribution < 1.29 is 4.39 Å². The third-order valence-electron chi connectivity index (χ3n) is 3.15. The topological polar surface area (TPSA) is 12.0 Å². The standard InChI is InChI=1S/C16H15Br3FN/c1-2-21-16(14-4-3-11(17)9-15(14)19)7-10-5-12(18)8-13(20)6-10/h3-6,8-9,16,21H,2,7H2,1H3. The van der Waals surface area contributed by atoms with Crippen LogP contribution in [0.25, 0.3) is 0 Å². The van der Waals surface area contributed by atoms with Crippen LogP contribution in [0.5, 0.6) is 0 Å². The van der Waals surface area contributed by atoms with E-state index in [1.807, 2.05) is 18.2 Å². The molecular formula is C16H15Br3FN. The van der Waals surface area contributed by atoms with Gasteiger partial charge in [-0.2, -0.15) is 0 Å². The second kappa shape index (κ2) is 7.86. The van der Waals surface area contributed by atoms with Crippen LogP contribution < -0.4 is 5.32 Å². The molecule has 0 aliphatic carbocycles. The van der Waals surface area contributed by atoms with Crippen LogP contribution >= 0.6 is 47.8 Å². The van der Waals surface area contributed by atoms with Crippen LogP contribution in [-0.2, 0) is 6.42 Å². The molecule has 0 saturated carbocycles. The Bertz CT molecular complexity index is 611. The number of halogens is 4. The Morgan fingerprint density at radius 2 is 1.81 bits per heavy atom. The molecule has 21 heavy (non-hydrogen) atoms. The van der Waals surface area contributed by atoms with Crippen LogP contribution in [0.4, 0.5) is 4.39 Å². The van der Waals surface area contributed by atoms with E-state index in [1.54, 1.807) is 6.07 Å². The van der Waals surface area contributed by atoms with Crippen LogP contribution in [0.2, 0.25) is 0 Å². The van der Waals surface area contributed by atoms with Crippen molar-refractivity contribution in [3.05, 3.63) is 66.8 Å². The van der Waals surface area contributed by atoms with Crippen LogP contribution in [0.3, 0.4) is 0 Å². The van der Waals surface area contributed by atoms with Gasteiger partial charge in [0.1, 0.15) is 5.82 Å². The van der Waals surface area contributed by atoms with Crippen molar-refractivity contribution in [3.8, 4) is 0 Å². The summed E-state index contributed by atoms with van der Waals surface area (Å²) in [5.74, 6) is -0.218. The zero-order valence-corrected chi connectivity index (χ0v) is 16.2. The van der Waals surface area contributed by atoms with E-state index in [1.165, 1.54) is 11.6 Å². The largest absolute Gasteiger partial charge is 0.310 e. The molecule has 112 valence electrons. The third-order valence-corrected chi connectivity index (χ3v) is 4.79. The maximum absolute atomic E-state index is 13.5.